The second-order valence-electron chi connectivity index (χ2n) is 6.84. The molecule has 2 heterocycles. The number of aldehydes is 1. The number of nitrogens with zero attached hydrogens (tertiary/aromatic N) is 1. The summed E-state index contributed by atoms with van der Waals surface area (Å²) in [5.74, 6) is -0.143. The first kappa shape index (κ1) is 18.8. The number of nitrogens with one attached hydrogen (secondary N) is 1. The van der Waals surface area contributed by atoms with E-state index in [1.807, 2.05) is 23.6 Å². The number of aromatic nitrogens is 1. The number of fused-ring (bicyclic) bond motifs is 3. The van der Waals surface area contributed by atoms with Crippen molar-refractivity contribution in [3.8, 4) is 10.6 Å². The fourth-order valence-electron chi connectivity index (χ4n) is 2.99. The van der Waals surface area contributed by atoms with E-state index in [9.17, 15) is 13.2 Å². The van der Waals surface area contributed by atoms with Crippen LogP contribution in [0.1, 0.15) is 13.8 Å². The predicted octanol–water partition coefficient (Wildman–Crippen LogP) is 4.21. The summed E-state index contributed by atoms with van der Waals surface area (Å²) < 4.78 is 33.8. The van der Waals surface area contributed by atoms with Crippen LogP contribution in [0.4, 0.5) is 0 Å². The Bertz CT molecular complexity index is 1260. The molecule has 0 spiro atoms. The van der Waals surface area contributed by atoms with E-state index in [4.69, 9.17) is 4.42 Å². The molecule has 144 valence electrons. The summed E-state index contributed by atoms with van der Waals surface area (Å²) in [6.07, 6.45) is 2.37. The summed E-state index contributed by atoms with van der Waals surface area (Å²) in [6.45, 7) is 3.57. The molecule has 1 atom stereocenters. The minimum atomic E-state index is -3.83. The van der Waals surface area contributed by atoms with Crippen LogP contribution < -0.4 is 4.72 Å². The summed E-state index contributed by atoms with van der Waals surface area (Å²) in [5, 5.41) is 4.33. The van der Waals surface area contributed by atoms with Crippen molar-refractivity contribution in [1.82, 2.24) is 9.71 Å². The molecule has 2 aromatic heterocycles. The zero-order chi connectivity index (χ0) is 19.9. The second-order valence-corrected chi connectivity index (χ2v) is 9.44. The Morgan fingerprint density at radius 1 is 1.11 bits per heavy atom. The lowest BCUT2D eigenvalue weighted by Crippen LogP contribution is -2.39. The van der Waals surface area contributed by atoms with Crippen molar-refractivity contribution in [2.75, 3.05) is 0 Å². The van der Waals surface area contributed by atoms with E-state index in [2.05, 4.69) is 9.71 Å². The minimum absolute atomic E-state index is 0.0965. The van der Waals surface area contributed by atoms with Crippen molar-refractivity contribution in [2.24, 2.45) is 5.92 Å². The molecule has 2 aromatic carbocycles. The molecular weight excluding hydrogens is 396 g/mol. The van der Waals surface area contributed by atoms with Crippen molar-refractivity contribution in [3.63, 3.8) is 0 Å². The van der Waals surface area contributed by atoms with Gasteiger partial charge in [-0.05, 0) is 36.2 Å². The molecule has 0 amide bonds. The van der Waals surface area contributed by atoms with Crippen LogP contribution >= 0.6 is 11.3 Å². The van der Waals surface area contributed by atoms with Crippen molar-refractivity contribution >= 4 is 49.6 Å². The lowest BCUT2D eigenvalue weighted by molar-refractivity contribution is -0.110. The van der Waals surface area contributed by atoms with Gasteiger partial charge in [-0.15, -0.1) is 11.3 Å². The van der Waals surface area contributed by atoms with E-state index in [0.717, 1.165) is 16.0 Å². The van der Waals surface area contributed by atoms with Crippen molar-refractivity contribution < 1.29 is 17.6 Å². The van der Waals surface area contributed by atoms with Crippen LogP contribution in [-0.2, 0) is 14.8 Å². The number of hydrogen-bond donors (Lipinski definition) is 1. The molecule has 0 aliphatic carbocycles. The highest BCUT2D eigenvalue weighted by Gasteiger charge is 2.23. The maximum Gasteiger partial charge on any atom is 0.241 e. The van der Waals surface area contributed by atoms with Crippen LogP contribution in [-0.4, -0.2) is 25.7 Å². The van der Waals surface area contributed by atoms with Crippen molar-refractivity contribution in [2.45, 2.75) is 24.8 Å². The average molecular weight is 415 g/mol. The summed E-state index contributed by atoms with van der Waals surface area (Å²) >= 11 is 1.54. The Balaban J connectivity index is 1.78. The smallest absolute Gasteiger partial charge is 0.241 e. The van der Waals surface area contributed by atoms with Crippen LogP contribution in [0.15, 0.2) is 57.3 Å². The van der Waals surface area contributed by atoms with Gasteiger partial charge in [0.1, 0.15) is 22.5 Å². The molecular formula is C20H18N2O4S2. The highest BCUT2D eigenvalue weighted by molar-refractivity contribution is 7.89. The Morgan fingerprint density at radius 3 is 2.61 bits per heavy atom. The van der Waals surface area contributed by atoms with E-state index in [0.29, 0.717) is 22.8 Å². The number of sulfonamides is 1. The molecule has 4 aromatic rings. The number of benzene rings is 2. The fraction of sp³-hybridized carbons (Fsp3) is 0.200. The van der Waals surface area contributed by atoms with E-state index >= 15 is 0 Å². The maximum atomic E-state index is 12.7. The van der Waals surface area contributed by atoms with Gasteiger partial charge in [0.05, 0.1) is 10.9 Å². The second kappa shape index (κ2) is 7.12. The van der Waals surface area contributed by atoms with Gasteiger partial charge < -0.3 is 9.21 Å². The summed E-state index contributed by atoms with van der Waals surface area (Å²) in [4.78, 5) is 15.6. The Labute approximate surface area is 166 Å². The van der Waals surface area contributed by atoms with Crippen molar-refractivity contribution in [3.05, 3.63) is 48.0 Å². The van der Waals surface area contributed by atoms with Crippen LogP contribution in [0.2, 0.25) is 0 Å². The van der Waals surface area contributed by atoms with E-state index < -0.39 is 16.1 Å². The molecule has 4 rings (SSSR count). The van der Waals surface area contributed by atoms with E-state index in [1.54, 1.807) is 32.2 Å². The van der Waals surface area contributed by atoms with Gasteiger partial charge in [0.15, 0.2) is 0 Å². The van der Waals surface area contributed by atoms with Crippen LogP contribution in [0, 0.1) is 5.92 Å². The number of hydrogen-bond acceptors (Lipinski definition) is 6. The topological polar surface area (TPSA) is 89.3 Å². The molecule has 0 bridgehead atoms. The predicted molar refractivity (Wildman–Crippen MR) is 110 cm³/mol. The van der Waals surface area contributed by atoms with Gasteiger partial charge >= 0.3 is 0 Å². The molecule has 0 saturated heterocycles. The monoisotopic (exact) mass is 414 g/mol. The van der Waals surface area contributed by atoms with Gasteiger partial charge in [-0.2, -0.15) is 0 Å². The largest absolute Gasteiger partial charge is 0.456 e. The van der Waals surface area contributed by atoms with Gasteiger partial charge in [-0.25, -0.2) is 18.1 Å². The minimum Gasteiger partial charge on any atom is -0.456 e. The zero-order valence-electron chi connectivity index (χ0n) is 15.2. The number of rotatable bonds is 6. The zero-order valence-corrected chi connectivity index (χ0v) is 16.9. The van der Waals surface area contributed by atoms with Crippen LogP contribution in [0.3, 0.4) is 0 Å². The molecule has 8 heteroatoms. The van der Waals surface area contributed by atoms with Gasteiger partial charge in [0.25, 0.3) is 0 Å². The highest BCUT2D eigenvalue weighted by Crippen LogP contribution is 2.34. The fourth-order valence-corrected chi connectivity index (χ4v) is 4.97. The Hall–Kier alpha value is -2.55. The third kappa shape index (κ3) is 3.34. The van der Waals surface area contributed by atoms with E-state index in [-0.39, 0.29) is 10.8 Å². The van der Waals surface area contributed by atoms with Gasteiger partial charge in [0, 0.05) is 27.9 Å². The molecule has 0 radical (unpaired) electrons. The molecule has 0 aliphatic rings. The Kier molecular flexibility index (Phi) is 4.78. The summed E-state index contributed by atoms with van der Waals surface area (Å²) in [5.41, 5.74) is 2.21. The standard InChI is InChI=1S/C20H18N2O4S2/c1-12(2)17(11-23)22-28(24,25)14-4-6-18-16(10-14)15-5-3-13(9-19(15)26-18)20-21-7-8-27-20/h3-12,17,22H,1-2H3/t17-/m0/s1. The molecule has 0 unspecified atom stereocenters. The summed E-state index contributed by atoms with van der Waals surface area (Å²) in [7, 11) is -3.83. The number of carbonyl (C=O) groups excluding carboxylic acids is 1. The van der Waals surface area contributed by atoms with Crippen LogP contribution in [0.5, 0.6) is 0 Å². The van der Waals surface area contributed by atoms with E-state index in [1.165, 1.54) is 17.4 Å². The van der Waals surface area contributed by atoms with Gasteiger partial charge in [0.2, 0.25) is 10.0 Å². The van der Waals surface area contributed by atoms with Gasteiger partial charge in [-0.3, -0.25) is 0 Å². The lowest BCUT2D eigenvalue weighted by atomic mass is 10.1. The molecule has 1 N–H and O–H groups in total. The third-order valence-corrected chi connectivity index (χ3v) is 6.87. The highest BCUT2D eigenvalue weighted by atomic mass is 32.2. The molecule has 28 heavy (non-hydrogen) atoms. The third-order valence-electron chi connectivity index (χ3n) is 4.59. The quantitative estimate of drug-likeness (QED) is 0.477. The molecule has 0 fully saturated rings. The number of furan rings is 1. The average Bonchev–Trinajstić information content (AvgIpc) is 3.32. The normalized spacial score (nSPS) is 13.4. The first-order valence-electron chi connectivity index (χ1n) is 8.73. The number of thiazole rings is 1. The van der Waals surface area contributed by atoms with Crippen LogP contribution in [0.25, 0.3) is 32.5 Å². The maximum absolute atomic E-state index is 12.7. The molecule has 0 aliphatic heterocycles. The Morgan fingerprint density at radius 2 is 1.93 bits per heavy atom. The molecule has 6 nitrogen and oxygen atoms in total. The molecule has 0 saturated carbocycles. The van der Waals surface area contributed by atoms with Crippen molar-refractivity contribution in [1.29, 1.82) is 0 Å². The first-order chi connectivity index (χ1) is 13.4. The summed E-state index contributed by atoms with van der Waals surface area (Å²) in [6, 6.07) is 9.68. The lowest BCUT2D eigenvalue weighted by Gasteiger charge is -2.16. The number of carbonyl (C=O) groups is 1. The SMILES string of the molecule is CC(C)[C@H](C=O)NS(=O)(=O)c1ccc2oc3cc(-c4nccs4)ccc3c2c1. The van der Waals surface area contributed by atoms with Gasteiger partial charge in [-0.1, -0.05) is 19.9 Å². The first-order valence-corrected chi connectivity index (χ1v) is 11.1.